The van der Waals surface area contributed by atoms with Gasteiger partial charge in [-0.05, 0) is 31.0 Å². The van der Waals surface area contributed by atoms with Crippen molar-refractivity contribution in [2.24, 2.45) is 0 Å². The van der Waals surface area contributed by atoms with Crippen LogP contribution in [0.2, 0.25) is 0 Å². The number of rotatable bonds is 7. The van der Waals surface area contributed by atoms with E-state index in [9.17, 15) is 0 Å². The summed E-state index contributed by atoms with van der Waals surface area (Å²) in [7, 11) is 0. The van der Waals surface area contributed by atoms with E-state index in [1.807, 2.05) is 0 Å². The Hall–Kier alpha value is -1.32. The molecule has 0 saturated heterocycles. The average Bonchev–Trinajstić information content (AvgIpc) is 2.76. The van der Waals surface area contributed by atoms with Crippen LogP contribution in [-0.4, -0.2) is 22.8 Å². The van der Waals surface area contributed by atoms with Gasteiger partial charge >= 0.3 is 0 Å². The molecule has 0 aliphatic heterocycles. The van der Waals surface area contributed by atoms with E-state index in [2.05, 4.69) is 47.3 Å². The summed E-state index contributed by atoms with van der Waals surface area (Å²) in [5, 5.41) is 13.7. The molecule has 1 heterocycles. The third-order valence-electron chi connectivity index (χ3n) is 3.17. The molecule has 0 amide bonds. The molecule has 0 spiro atoms. The lowest BCUT2D eigenvalue weighted by Gasteiger charge is -2.02. The molecule has 0 aliphatic rings. The fourth-order valence-electron chi connectivity index (χ4n) is 2.29. The Morgan fingerprint density at radius 2 is 2.11 bits per heavy atom. The van der Waals surface area contributed by atoms with E-state index >= 15 is 0 Å². The number of nitrogens with one attached hydrogen (secondary N) is 1. The molecule has 0 fully saturated rings. The van der Waals surface area contributed by atoms with Gasteiger partial charge in [-0.2, -0.15) is 0 Å². The van der Waals surface area contributed by atoms with Gasteiger partial charge in [0.2, 0.25) is 0 Å². The maximum absolute atomic E-state index is 8.95. The third kappa shape index (κ3) is 2.92. The quantitative estimate of drug-likeness (QED) is 0.737. The van der Waals surface area contributed by atoms with Crippen LogP contribution in [0.1, 0.15) is 25.3 Å². The van der Waals surface area contributed by atoms with Crippen molar-refractivity contribution < 1.29 is 5.11 Å². The van der Waals surface area contributed by atoms with Crippen LogP contribution in [0.5, 0.6) is 0 Å². The smallest absolute Gasteiger partial charge is 0.0483 e. The van der Waals surface area contributed by atoms with Crippen molar-refractivity contribution in [2.75, 3.05) is 13.2 Å². The Bertz CT molecular complexity index is 490. The van der Waals surface area contributed by atoms with E-state index in [-0.39, 0.29) is 6.61 Å². The number of aliphatic hydroxyl groups excluding tert-OH is 1. The van der Waals surface area contributed by atoms with Crippen molar-refractivity contribution in [2.45, 2.75) is 32.9 Å². The summed E-state index contributed by atoms with van der Waals surface area (Å²) in [6.07, 6.45) is 4.17. The molecule has 1 aromatic heterocycles. The van der Waals surface area contributed by atoms with Crippen molar-refractivity contribution in [3.63, 3.8) is 0 Å². The molecule has 0 unspecified atom stereocenters. The van der Waals surface area contributed by atoms with Gasteiger partial charge in [0.15, 0.2) is 0 Å². The SMILES string of the molecule is CCCNCc1cn(CCCO)c2ccccc12. The van der Waals surface area contributed by atoms with Crippen LogP contribution in [0.25, 0.3) is 10.9 Å². The number of aliphatic hydroxyl groups is 1. The van der Waals surface area contributed by atoms with Crippen molar-refractivity contribution >= 4 is 10.9 Å². The average molecular weight is 246 g/mol. The van der Waals surface area contributed by atoms with Crippen LogP contribution in [0.3, 0.4) is 0 Å². The first-order valence-corrected chi connectivity index (χ1v) is 6.75. The van der Waals surface area contributed by atoms with E-state index in [0.717, 1.165) is 32.5 Å². The molecule has 3 nitrogen and oxygen atoms in total. The standard InChI is InChI=1S/C15H22N2O/c1-2-8-16-11-13-12-17(9-5-10-18)15-7-4-3-6-14(13)15/h3-4,6-7,12,16,18H,2,5,8-11H2,1H3. The summed E-state index contributed by atoms with van der Waals surface area (Å²) in [6, 6.07) is 8.48. The summed E-state index contributed by atoms with van der Waals surface area (Å²) >= 11 is 0. The first kappa shape index (κ1) is 13.1. The molecule has 3 heteroatoms. The lowest BCUT2D eigenvalue weighted by atomic mass is 10.2. The molecule has 2 rings (SSSR count). The van der Waals surface area contributed by atoms with Gasteiger partial charge in [0, 0.05) is 36.8 Å². The second kappa shape index (κ2) is 6.57. The van der Waals surface area contributed by atoms with E-state index in [1.165, 1.54) is 16.5 Å². The number of aryl methyl sites for hydroxylation is 1. The summed E-state index contributed by atoms with van der Waals surface area (Å²) in [5.74, 6) is 0. The molecular weight excluding hydrogens is 224 g/mol. The van der Waals surface area contributed by atoms with Gasteiger partial charge in [-0.15, -0.1) is 0 Å². The van der Waals surface area contributed by atoms with Crippen molar-refractivity contribution in [1.82, 2.24) is 9.88 Å². The minimum Gasteiger partial charge on any atom is -0.396 e. The Labute approximate surface area is 108 Å². The molecule has 18 heavy (non-hydrogen) atoms. The fraction of sp³-hybridized carbons (Fsp3) is 0.467. The Kier molecular flexibility index (Phi) is 4.79. The van der Waals surface area contributed by atoms with Crippen molar-refractivity contribution in [3.8, 4) is 0 Å². The first-order chi connectivity index (χ1) is 8.86. The minimum absolute atomic E-state index is 0.246. The lowest BCUT2D eigenvalue weighted by molar-refractivity contribution is 0.280. The molecule has 98 valence electrons. The van der Waals surface area contributed by atoms with Crippen LogP contribution in [0.15, 0.2) is 30.5 Å². The zero-order valence-electron chi connectivity index (χ0n) is 11.0. The zero-order chi connectivity index (χ0) is 12.8. The number of para-hydroxylation sites is 1. The molecule has 1 aromatic carbocycles. The molecule has 0 aliphatic carbocycles. The lowest BCUT2D eigenvalue weighted by Crippen LogP contribution is -2.13. The summed E-state index contributed by atoms with van der Waals surface area (Å²) in [4.78, 5) is 0. The highest BCUT2D eigenvalue weighted by molar-refractivity contribution is 5.83. The highest BCUT2D eigenvalue weighted by atomic mass is 16.3. The predicted molar refractivity (Wildman–Crippen MR) is 75.6 cm³/mol. The summed E-state index contributed by atoms with van der Waals surface area (Å²) in [6.45, 7) is 5.27. The topological polar surface area (TPSA) is 37.2 Å². The van der Waals surface area contributed by atoms with Gasteiger partial charge < -0.3 is 15.0 Å². The molecule has 2 N–H and O–H groups in total. The predicted octanol–water partition coefficient (Wildman–Crippen LogP) is 2.52. The second-order valence-electron chi connectivity index (χ2n) is 4.62. The monoisotopic (exact) mass is 246 g/mol. The number of hydrogen-bond acceptors (Lipinski definition) is 2. The zero-order valence-corrected chi connectivity index (χ0v) is 11.0. The second-order valence-corrected chi connectivity index (χ2v) is 4.62. The van der Waals surface area contributed by atoms with Crippen LogP contribution in [0.4, 0.5) is 0 Å². The van der Waals surface area contributed by atoms with E-state index in [4.69, 9.17) is 5.11 Å². The van der Waals surface area contributed by atoms with Gasteiger partial charge in [-0.1, -0.05) is 25.1 Å². The molecule has 0 atom stereocenters. The Morgan fingerprint density at radius 3 is 2.89 bits per heavy atom. The van der Waals surface area contributed by atoms with Crippen LogP contribution in [0, 0.1) is 0 Å². The molecule has 2 aromatic rings. The maximum atomic E-state index is 8.95. The molecular formula is C15H22N2O. The first-order valence-electron chi connectivity index (χ1n) is 6.75. The maximum Gasteiger partial charge on any atom is 0.0483 e. The van der Waals surface area contributed by atoms with Crippen LogP contribution in [-0.2, 0) is 13.1 Å². The van der Waals surface area contributed by atoms with Crippen LogP contribution >= 0.6 is 0 Å². The van der Waals surface area contributed by atoms with Crippen LogP contribution < -0.4 is 5.32 Å². The largest absolute Gasteiger partial charge is 0.396 e. The van der Waals surface area contributed by atoms with Gasteiger partial charge in [-0.3, -0.25) is 0 Å². The van der Waals surface area contributed by atoms with Gasteiger partial charge in [0.05, 0.1) is 0 Å². The number of hydrogen-bond donors (Lipinski definition) is 2. The van der Waals surface area contributed by atoms with Gasteiger partial charge in [-0.25, -0.2) is 0 Å². The number of nitrogens with zero attached hydrogens (tertiary/aromatic N) is 1. The summed E-state index contributed by atoms with van der Waals surface area (Å²) in [5.41, 5.74) is 2.61. The Morgan fingerprint density at radius 1 is 1.28 bits per heavy atom. The fourth-order valence-corrected chi connectivity index (χ4v) is 2.29. The number of aromatic nitrogens is 1. The van der Waals surface area contributed by atoms with Gasteiger partial charge in [0.1, 0.15) is 0 Å². The van der Waals surface area contributed by atoms with E-state index in [1.54, 1.807) is 0 Å². The van der Waals surface area contributed by atoms with E-state index < -0.39 is 0 Å². The van der Waals surface area contributed by atoms with Gasteiger partial charge in [0.25, 0.3) is 0 Å². The van der Waals surface area contributed by atoms with Crippen molar-refractivity contribution in [1.29, 1.82) is 0 Å². The Balaban J connectivity index is 2.23. The highest BCUT2D eigenvalue weighted by Gasteiger charge is 2.06. The normalized spacial score (nSPS) is 11.2. The molecule has 0 saturated carbocycles. The minimum atomic E-state index is 0.246. The number of benzene rings is 1. The molecule has 0 bridgehead atoms. The summed E-state index contributed by atoms with van der Waals surface area (Å²) < 4.78 is 2.24. The number of fused-ring (bicyclic) bond motifs is 1. The molecule has 0 radical (unpaired) electrons. The van der Waals surface area contributed by atoms with Crippen molar-refractivity contribution in [3.05, 3.63) is 36.0 Å². The van der Waals surface area contributed by atoms with E-state index in [0.29, 0.717) is 0 Å². The third-order valence-corrected chi connectivity index (χ3v) is 3.17. The highest BCUT2D eigenvalue weighted by Crippen LogP contribution is 2.21.